The highest BCUT2D eigenvalue weighted by Crippen LogP contribution is 2.22. The van der Waals surface area contributed by atoms with Crippen molar-refractivity contribution in [1.82, 2.24) is 4.90 Å². The molecule has 0 saturated carbocycles. The van der Waals surface area contributed by atoms with Gasteiger partial charge in [-0.1, -0.05) is 0 Å². The van der Waals surface area contributed by atoms with E-state index in [9.17, 15) is 5.11 Å². The van der Waals surface area contributed by atoms with Gasteiger partial charge in [-0.25, -0.2) is 0 Å². The summed E-state index contributed by atoms with van der Waals surface area (Å²) in [6, 6.07) is 0. The van der Waals surface area contributed by atoms with Crippen molar-refractivity contribution in [2.45, 2.75) is 37.9 Å². The van der Waals surface area contributed by atoms with Crippen molar-refractivity contribution in [2.75, 3.05) is 26.2 Å². The highest BCUT2D eigenvalue weighted by Gasteiger charge is 2.32. The van der Waals surface area contributed by atoms with E-state index in [0.717, 1.165) is 32.7 Å². The molecule has 0 aromatic heterocycles. The molecule has 0 aromatic rings. The summed E-state index contributed by atoms with van der Waals surface area (Å²) in [7, 11) is 0. The molecule has 2 rings (SSSR count). The zero-order valence-electron chi connectivity index (χ0n) is 8.33. The Morgan fingerprint density at radius 2 is 2.46 bits per heavy atom. The van der Waals surface area contributed by atoms with Crippen molar-refractivity contribution in [3.63, 3.8) is 0 Å². The Labute approximate surface area is 79.7 Å². The Morgan fingerprint density at radius 1 is 1.62 bits per heavy atom. The molecule has 1 N–H and O–H groups in total. The summed E-state index contributed by atoms with van der Waals surface area (Å²) in [6.07, 6.45) is 3.72. The molecular weight excluding hydrogens is 166 g/mol. The van der Waals surface area contributed by atoms with Gasteiger partial charge in [-0.3, -0.25) is 4.90 Å². The number of hydrogen-bond acceptors (Lipinski definition) is 3. The summed E-state index contributed by atoms with van der Waals surface area (Å²) in [4.78, 5) is 2.32. The van der Waals surface area contributed by atoms with Gasteiger partial charge in [0, 0.05) is 26.2 Å². The fraction of sp³-hybridized carbons (Fsp3) is 1.00. The highest BCUT2D eigenvalue weighted by molar-refractivity contribution is 4.87. The SMILES string of the molecule is CC1(O)CCN(C[C@H]2CCCO2)C1. The number of rotatable bonds is 2. The second-order valence-electron chi connectivity index (χ2n) is 4.62. The zero-order valence-corrected chi connectivity index (χ0v) is 8.33. The lowest BCUT2D eigenvalue weighted by molar-refractivity contribution is 0.0493. The average molecular weight is 185 g/mol. The van der Waals surface area contributed by atoms with Gasteiger partial charge in [0.2, 0.25) is 0 Å². The van der Waals surface area contributed by atoms with Crippen molar-refractivity contribution >= 4 is 0 Å². The molecular formula is C10H19NO2. The molecule has 2 heterocycles. The topological polar surface area (TPSA) is 32.7 Å². The number of ether oxygens (including phenoxy) is 1. The summed E-state index contributed by atoms with van der Waals surface area (Å²) in [5.74, 6) is 0. The van der Waals surface area contributed by atoms with E-state index in [0.29, 0.717) is 6.10 Å². The normalized spacial score (nSPS) is 41.5. The van der Waals surface area contributed by atoms with Crippen LogP contribution >= 0.6 is 0 Å². The van der Waals surface area contributed by atoms with Crippen LogP contribution in [-0.4, -0.2) is 48.0 Å². The molecule has 76 valence electrons. The van der Waals surface area contributed by atoms with Crippen LogP contribution in [0, 0.1) is 0 Å². The lowest BCUT2D eigenvalue weighted by Crippen LogP contribution is -2.34. The molecule has 0 radical (unpaired) electrons. The fourth-order valence-corrected chi connectivity index (χ4v) is 2.27. The summed E-state index contributed by atoms with van der Waals surface area (Å²) in [5.41, 5.74) is -0.460. The Bertz CT molecular complexity index is 176. The third-order valence-corrected chi connectivity index (χ3v) is 3.02. The molecule has 0 amide bonds. The van der Waals surface area contributed by atoms with Crippen LogP contribution in [0.5, 0.6) is 0 Å². The molecule has 13 heavy (non-hydrogen) atoms. The second kappa shape index (κ2) is 3.56. The van der Waals surface area contributed by atoms with E-state index in [1.165, 1.54) is 12.8 Å². The number of nitrogens with zero attached hydrogens (tertiary/aromatic N) is 1. The predicted octanol–water partition coefficient (Wildman–Crippen LogP) is 0.622. The zero-order chi connectivity index (χ0) is 9.31. The monoisotopic (exact) mass is 185 g/mol. The lowest BCUT2D eigenvalue weighted by Gasteiger charge is -2.21. The molecule has 2 saturated heterocycles. The molecule has 0 aromatic carbocycles. The van der Waals surface area contributed by atoms with Gasteiger partial charge in [-0.05, 0) is 26.2 Å². The van der Waals surface area contributed by atoms with E-state index in [1.54, 1.807) is 0 Å². The van der Waals surface area contributed by atoms with Crippen LogP contribution < -0.4 is 0 Å². The van der Waals surface area contributed by atoms with E-state index in [2.05, 4.69) is 4.90 Å². The van der Waals surface area contributed by atoms with Crippen LogP contribution in [0.2, 0.25) is 0 Å². The third kappa shape index (κ3) is 2.42. The van der Waals surface area contributed by atoms with Gasteiger partial charge in [0.15, 0.2) is 0 Å². The molecule has 2 atom stereocenters. The van der Waals surface area contributed by atoms with Gasteiger partial charge >= 0.3 is 0 Å². The molecule has 1 unspecified atom stereocenters. The first-order valence-corrected chi connectivity index (χ1v) is 5.22. The minimum atomic E-state index is -0.460. The molecule has 3 heteroatoms. The molecule has 2 fully saturated rings. The van der Waals surface area contributed by atoms with Crippen LogP contribution in [0.3, 0.4) is 0 Å². The van der Waals surface area contributed by atoms with Gasteiger partial charge in [-0.2, -0.15) is 0 Å². The van der Waals surface area contributed by atoms with Crippen LogP contribution in [0.4, 0.5) is 0 Å². The summed E-state index contributed by atoms with van der Waals surface area (Å²) >= 11 is 0. The van der Waals surface area contributed by atoms with Crippen molar-refractivity contribution in [2.24, 2.45) is 0 Å². The maximum absolute atomic E-state index is 9.76. The van der Waals surface area contributed by atoms with Crippen LogP contribution in [-0.2, 0) is 4.74 Å². The smallest absolute Gasteiger partial charge is 0.0758 e. The molecule has 3 nitrogen and oxygen atoms in total. The van der Waals surface area contributed by atoms with Crippen molar-refractivity contribution in [1.29, 1.82) is 0 Å². The average Bonchev–Trinajstić information content (AvgIpc) is 2.61. The van der Waals surface area contributed by atoms with Crippen molar-refractivity contribution < 1.29 is 9.84 Å². The van der Waals surface area contributed by atoms with Gasteiger partial charge < -0.3 is 9.84 Å². The van der Waals surface area contributed by atoms with Gasteiger partial charge in [0.25, 0.3) is 0 Å². The number of β-amino-alcohol motifs (C(OH)–C–C–N with tert-alkyl or cyclic N) is 1. The first-order valence-electron chi connectivity index (χ1n) is 5.22. The fourth-order valence-electron chi connectivity index (χ4n) is 2.27. The molecule has 2 aliphatic heterocycles. The van der Waals surface area contributed by atoms with Gasteiger partial charge in [-0.15, -0.1) is 0 Å². The second-order valence-corrected chi connectivity index (χ2v) is 4.62. The van der Waals surface area contributed by atoms with E-state index >= 15 is 0 Å². The first kappa shape index (κ1) is 9.44. The summed E-state index contributed by atoms with van der Waals surface area (Å²) in [6.45, 7) is 5.69. The third-order valence-electron chi connectivity index (χ3n) is 3.02. The quantitative estimate of drug-likeness (QED) is 0.684. The highest BCUT2D eigenvalue weighted by atomic mass is 16.5. The maximum atomic E-state index is 9.76. The minimum Gasteiger partial charge on any atom is -0.389 e. The molecule has 0 bridgehead atoms. The van der Waals surface area contributed by atoms with E-state index in [4.69, 9.17) is 4.74 Å². The van der Waals surface area contributed by atoms with Crippen LogP contribution in [0.25, 0.3) is 0 Å². The van der Waals surface area contributed by atoms with E-state index < -0.39 is 5.60 Å². The molecule has 0 spiro atoms. The molecule has 0 aliphatic carbocycles. The van der Waals surface area contributed by atoms with Gasteiger partial charge in [0.05, 0.1) is 11.7 Å². The maximum Gasteiger partial charge on any atom is 0.0758 e. The standard InChI is InChI=1S/C10H19NO2/c1-10(12)4-5-11(8-10)7-9-3-2-6-13-9/h9,12H,2-8H2,1H3/t9-,10?/m1/s1. The number of likely N-dealkylation sites (tertiary alicyclic amines) is 1. The van der Waals surface area contributed by atoms with Crippen molar-refractivity contribution in [3.05, 3.63) is 0 Å². The minimum absolute atomic E-state index is 0.425. The van der Waals surface area contributed by atoms with E-state index in [-0.39, 0.29) is 0 Å². The Balaban J connectivity index is 1.77. The molecule has 2 aliphatic rings. The Hall–Kier alpha value is -0.120. The van der Waals surface area contributed by atoms with Crippen LogP contribution in [0.1, 0.15) is 26.2 Å². The lowest BCUT2D eigenvalue weighted by atomic mass is 10.1. The predicted molar refractivity (Wildman–Crippen MR) is 50.7 cm³/mol. The first-order chi connectivity index (χ1) is 6.16. The largest absolute Gasteiger partial charge is 0.389 e. The summed E-state index contributed by atoms with van der Waals surface area (Å²) < 4.78 is 5.56. The Kier molecular flexibility index (Phi) is 2.58. The number of aliphatic hydroxyl groups is 1. The van der Waals surface area contributed by atoms with E-state index in [1.807, 2.05) is 6.92 Å². The summed E-state index contributed by atoms with van der Waals surface area (Å²) in [5, 5.41) is 9.76. The number of hydrogen-bond donors (Lipinski definition) is 1. The Morgan fingerprint density at radius 3 is 3.00 bits per heavy atom. The van der Waals surface area contributed by atoms with Crippen molar-refractivity contribution in [3.8, 4) is 0 Å². The van der Waals surface area contributed by atoms with Crippen LogP contribution in [0.15, 0.2) is 0 Å². The van der Waals surface area contributed by atoms with Gasteiger partial charge in [0.1, 0.15) is 0 Å².